The van der Waals surface area contributed by atoms with Gasteiger partial charge in [0.2, 0.25) is 0 Å². The Balaban J connectivity index is 2.56. The van der Waals surface area contributed by atoms with Gasteiger partial charge >= 0.3 is 6.09 Å². The minimum atomic E-state index is -0.605. The van der Waals surface area contributed by atoms with Crippen molar-refractivity contribution in [2.75, 3.05) is 14.2 Å². The van der Waals surface area contributed by atoms with Crippen LogP contribution in [0.1, 0.15) is 5.56 Å². The number of hydrogen-bond acceptors (Lipinski definition) is 4. The van der Waals surface area contributed by atoms with Crippen LogP contribution >= 0.6 is 0 Å². The van der Waals surface area contributed by atoms with E-state index < -0.39 is 6.09 Å². The number of nitrogens with one attached hydrogen (secondary N) is 1. The molecule has 0 saturated carbocycles. The van der Waals surface area contributed by atoms with Gasteiger partial charge in [0.15, 0.2) is 0 Å². The van der Waals surface area contributed by atoms with Crippen LogP contribution in [0.4, 0.5) is 4.79 Å². The van der Waals surface area contributed by atoms with E-state index in [9.17, 15) is 4.79 Å². The highest BCUT2D eigenvalue weighted by Crippen LogP contribution is 2.18. The number of rotatable bonds is 4. The second kappa shape index (κ2) is 7.05. The first-order valence-electron chi connectivity index (χ1n) is 4.94. The van der Waals surface area contributed by atoms with E-state index in [1.165, 1.54) is 13.3 Å². The van der Waals surface area contributed by atoms with Gasteiger partial charge in [0.25, 0.3) is 0 Å². The number of ether oxygens (including phenoxy) is 2. The summed E-state index contributed by atoms with van der Waals surface area (Å²) in [7, 11) is 2.88. The predicted molar refractivity (Wildman–Crippen MR) is 66.1 cm³/mol. The molecule has 0 saturated heterocycles. The quantitative estimate of drug-likeness (QED) is 0.640. The van der Waals surface area contributed by atoms with Gasteiger partial charge in [-0.25, -0.2) is 10.2 Å². The summed E-state index contributed by atoms with van der Waals surface area (Å²) < 4.78 is 9.52. The molecule has 0 aliphatic heterocycles. The molecule has 0 unspecified atom stereocenters. The standard InChI is InChI=1S/C12H14N2O3/c1-16-11-8-4-3-6-10(11)7-5-9-13-14-12(15)17-2/h3-9H,1-2H3,(H,14,15)/b7-5+,13-9+. The third kappa shape index (κ3) is 4.38. The van der Waals surface area contributed by atoms with Gasteiger partial charge in [0, 0.05) is 11.8 Å². The summed E-state index contributed by atoms with van der Waals surface area (Å²) in [4.78, 5) is 10.7. The number of hydrogen-bond donors (Lipinski definition) is 1. The van der Waals surface area contributed by atoms with E-state index >= 15 is 0 Å². The maximum Gasteiger partial charge on any atom is 0.427 e. The van der Waals surface area contributed by atoms with Crippen molar-refractivity contribution in [2.45, 2.75) is 0 Å². The lowest BCUT2D eigenvalue weighted by Gasteiger charge is -2.02. The fraction of sp³-hybridized carbons (Fsp3) is 0.167. The molecule has 5 heteroatoms. The molecule has 0 aromatic heterocycles. The number of carbonyl (C=O) groups excluding carboxylic acids is 1. The van der Waals surface area contributed by atoms with Gasteiger partial charge in [-0.15, -0.1) is 0 Å². The van der Waals surface area contributed by atoms with Crippen molar-refractivity contribution in [1.82, 2.24) is 5.43 Å². The highest BCUT2D eigenvalue weighted by Gasteiger charge is 1.95. The summed E-state index contributed by atoms with van der Waals surface area (Å²) in [5.41, 5.74) is 3.10. The van der Waals surface area contributed by atoms with E-state index in [1.54, 1.807) is 13.2 Å². The summed E-state index contributed by atoms with van der Waals surface area (Å²) in [6.07, 6.45) is 4.35. The summed E-state index contributed by atoms with van der Waals surface area (Å²) in [6.45, 7) is 0. The molecular formula is C12H14N2O3. The molecule has 0 heterocycles. The van der Waals surface area contributed by atoms with Gasteiger partial charge < -0.3 is 9.47 Å². The number of carbonyl (C=O) groups is 1. The zero-order chi connectivity index (χ0) is 12.5. The third-order valence-electron chi connectivity index (χ3n) is 1.92. The Bertz CT molecular complexity index is 428. The van der Waals surface area contributed by atoms with Gasteiger partial charge in [-0.05, 0) is 18.2 Å². The molecule has 0 atom stereocenters. The molecule has 5 nitrogen and oxygen atoms in total. The van der Waals surface area contributed by atoms with E-state index in [1.807, 2.05) is 30.3 Å². The molecular weight excluding hydrogens is 220 g/mol. The molecule has 17 heavy (non-hydrogen) atoms. The van der Waals surface area contributed by atoms with Crippen LogP contribution in [0, 0.1) is 0 Å². The number of amides is 1. The van der Waals surface area contributed by atoms with Crippen molar-refractivity contribution in [2.24, 2.45) is 5.10 Å². The number of allylic oxidation sites excluding steroid dienone is 1. The van der Waals surface area contributed by atoms with E-state index in [-0.39, 0.29) is 0 Å². The number of hydrazone groups is 1. The summed E-state index contributed by atoms with van der Waals surface area (Å²) >= 11 is 0. The highest BCUT2D eigenvalue weighted by atomic mass is 16.5. The monoisotopic (exact) mass is 234 g/mol. The van der Waals surface area contributed by atoms with Crippen LogP contribution in [-0.4, -0.2) is 26.5 Å². The highest BCUT2D eigenvalue weighted by molar-refractivity contribution is 5.80. The van der Waals surface area contributed by atoms with Gasteiger partial charge in [0.05, 0.1) is 14.2 Å². The molecule has 0 aliphatic carbocycles. The predicted octanol–water partition coefficient (Wildman–Crippen LogP) is 2.05. The fourth-order valence-electron chi connectivity index (χ4n) is 1.13. The summed E-state index contributed by atoms with van der Waals surface area (Å²) in [6, 6.07) is 7.58. The first-order valence-corrected chi connectivity index (χ1v) is 4.94. The van der Waals surface area contributed by atoms with E-state index in [2.05, 4.69) is 15.3 Å². The average Bonchev–Trinajstić information content (AvgIpc) is 2.38. The second-order valence-electron chi connectivity index (χ2n) is 2.98. The normalized spacial score (nSPS) is 10.7. The molecule has 1 N–H and O–H groups in total. The Kier molecular flexibility index (Phi) is 5.30. The van der Waals surface area contributed by atoms with Gasteiger partial charge in [-0.2, -0.15) is 5.10 Å². The molecule has 0 radical (unpaired) electrons. The molecule has 1 aromatic carbocycles. The van der Waals surface area contributed by atoms with Crippen LogP contribution in [0.5, 0.6) is 5.75 Å². The van der Waals surface area contributed by atoms with Gasteiger partial charge in [-0.3, -0.25) is 0 Å². The van der Waals surface area contributed by atoms with Crippen molar-refractivity contribution in [3.63, 3.8) is 0 Å². The molecule has 0 bridgehead atoms. The average molecular weight is 234 g/mol. The molecule has 0 fully saturated rings. The van der Waals surface area contributed by atoms with Crippen molar-refractivity contribution in [3.05, 3.63) is 35.9 Å². The molecule has 1 aromatic rings. The second-order valence-corrected chi connectivity index (χ2v) is 2.98. The Labute approximate surface area is 99.7 Å². The van der Waals surface area contributed by atoms with Crippen LogP contribution < -0.4 is 10.2 Å². The largest absolute Gasteiger partial charge is 0.496 e. The molecule has 90 valence electrons. The van der Waals surface area contributed by atoms with Gasteiger partial charge in [0.1, 0.15) is 5.75 Å². The smallest absolute Gasteiger partial charge is 0.427 e. The fourth-order valence-corrected chi connectivity index (χ4v) is 1.13. The minimum absolute atomic E-state index is 0.605. The lowest BCUT2D eigenvalue weighted by atomic mass is 10.2. The van der Waals surface area contributed by atoms with Crippen molar-refractivity contribution < 1.29 is 14.3 Å². The lowest BCUT2D eigenvalue weighted by molar-refractivity contribution is 0.171. The third-order valence-corrected chi connectivity index (χ3v) is 1.92. The SMILES string of the molecule is COC(=O)N/N=C/C=C/c1ccccc1OC. The summed E-state index contributed by atoms with van der Waals surface area (Å²) in [5, 5.41) is 3.64. The number of para-hydroxylation sites is 1. The first-order chi connectivity index (χ1) is 8.27. The van der Waals surface area contributed by atoms with Crippen LogP contribution in [0.2, 0.25) is 0 Å². The van der Waals surface area contributed by atoms with Crippen molar-refractivity contribution >= 4 is 18.4 Å². The lowest BCUT2D eigenvalue weighted by Crippen LogP contribution is -2.16. The van der Waals surface area contributed by atoms with Crippen molar-refractivity contribution in [1.29, 1.82) is 0 Å². The molecule has 1 rings (SSSR count). The van der Waals surface area contributed by atoms with E-state index in [4.69, 9.17) is 4.74 Å². The summed E-state index contributed by atoms with van der Waals surface area (Å²) in [5.74, 6) is 0.776. The Morgan fingerprint density at radius 2 is 2.12 bits per heavy atom. The minimum Gasteiger partial charge on any atom is -0.496 e. The zero-order valence-electron chi connectivity index (χ0n) is 9.71. The van der Waals surface area contributed by atoms with E-state index in [0.717, 1.165) is 11.3 Å². The van der Waals surface area contributed by atoms with Crippen LogP contribution in [0.15, 0.2) is 35.4 Å². The van der Waals surface area contributed by atoms with E-state index in [0.29, 0.717) is 0 Å². The maximum absolute atomic E-state index is 10.7. The van der Waals surface area contributed by atoms with Crippen LogP contribution in [0.25, 0.3) is 6.08 Å². The first kappa shape index (κ1) is 12.8. The maximum atomic E-state index is 10.7. The zero-order valence-corrected chi connectivity index (χ0v) is 9.71. The Morgan fingerprint density at radius 3 is 2.82 bits per heavy atom. The molecule has 0 aliphatic rings. The molecule has 1 amide bonds. The van der Waals surface area contributed by atoms with Gasteiger partial charge in [-0.1, -0.05) is 18.2 Å². The number of benzene rings is 1. The number of nitrogens with zero attached hydrogens (tertiary/aromatic N) is 1. The van der Waals surface area contributed by atoms with Crippen molar-refractivity contribution in [3.8, 4) is 5.75 Å². The van der Waals surface area contributed by atoms with Crippen LogP contribution in [-0.2, 0) is 4.74 Å². The molecule has 0 spiro atoms. The Morgan fingerprint density at radius 1 is 1.35 bits per heavy atom. The van der Waals surface area contributed by atoms with Crippen LogP contribution in [0.3, 0.4) is 0 Å². The number of methoxy groups -OCH3 is 2. The Hall–Kier alpha value is -2.30. The topological polar surface area (TPSA) is 59.9 Å².